The first-order valence-corrected chi connectivity index (χ1v) is 7.88. The van der Waals surface area contributed by atoms with Gasteiger partial charge in [-0.1, -0.05) is 6.92 Å². The lowest BCUT2D eigenvalue weighted by Crippen LogP contribution is -2.40. The molecule has 2 rings (SSSR count). The van der Waals surface area contributed by atoms with Gasteiger partial charge in [-0.3, -0.25) is 0 Å². The number of aromatic nitrogens is 1. The van der Waals surface area contributed by atoms with Crippen LogP contribution >= 0.6 is 0 Å². The van der Waals surface area contributed by atoms with Gasteiger partial charge in [0, 0.05) is 19.3 Å². The van der Waals surface area contributed by atoms with Gasteiger partial charge < -0.3 is 15.0 Å². The Balaban J connectivity index is 1.97. The van der Waals surface area contributed by atoms with E-state index in [2.05, 4.69) is 22.1 Å². The average molecular weight is 277 g/mol. The lowest BCUT2D eigenvalue weighted by Gasteiger charge is -2.34. The van der Waals surface area contributed by atoms with Crippen LogP contribution in [0.25, 0.3) is 0 Å². The van der Waals surface area contributed by atoms with E-state index < -0.39 is 0 Å². The first kappa shape index (κ1) is 15.1. The molecule has 0 spiro atoms. The molecule has 0 bridgehead atoms. The van der Waals surface area contributed by atoms with Crippen LogP contribution in [0.1, 0.15) is 33.1 Å². The highest BCUT2D eigenvalue weighted by molar-refractivity contribution is 5.52. The first-order valence-electron chi connectivity index (χ1n) is 7.88. The van der Waals surface area contributed by atoms with Crippen LogP contribution in [0, 0.1) is 5.92 Å². The predicted molar refractivity (Wildman–Crippen MR) is 83.5 cm³/mol. The Morgan fingerprint density at radius 2 is 2.35 bits per heavy atom. The van der Waals surface area contributed by atoms with E-state index in [1.807, 2.05) is 25.3 Å². The van der Waals surface area contributed by atoms with E-state index in [9.17, 15) is 0 Å². The van der Waals surface area contributed by atoms with Crippen molar-refractivity contribution in [2.45, 2.75) is 33.1 Å². The molecule has 1 aromatic heterocycles. The monoisotopic (exact) mass is 277 g/mol. The maximum Gasteiger partial charge on any atom is 0.171 e. The Hall–Kier alpha value is -1.29. The molecule has 1 unspecified atom stereocenters. The van der Waals surface area contributed by atoms with Gasteiger partial charge in [-0.25, -0.2) is 4.98 Å². The fraction of sp³-hybridized carbons (Fsp3) is 0.688. The minimum Gasteiger partial charge on any atom is -0.490 e. The van der Waals surface area contributed by atoms with E-state index in [1.165, 1.54) is 19.3 Å². The molecule has 4 heteroatoms. The molecule has 1 fully saturated rings. The lowest BCUT2D eigenvalue weighted by molar-refractivity contribution is 0.334. The molecule has 112 valence electrons. The van der Waals surface area contributed by atoms with Crippen LogP contribution in [0.2, 0.25) is 0 Å². The fourth-order valence-corrected chi connectivity index (χ4v) is 2.79. The number of rotatable bonds is 7. The van der Waals surface area contributed by atoms with Gasteiger partial charge in [-0.15, -0.1) is 0 Å². The quantitative estimate of drug-likeness (QED) is 0.778. The largest absolute Gasteiger partial charge is 0.490 e. The smallest absolute Gasteiger partial charge is 0.171 e. The summed E-state index contributed by atoms with van der Waals surface area (Å²) in [6, 6.07) is 3.96. The van der Waals surface area contributed by atoms with Crippen LogP contribution in [-0.4, -0.2) is 37.8 Å². The standard InChI is InChI=1S/C16H27N3O/c1-3-9-17-12-14-7-6-11-19(13-14)16-15(20-4-2)8-5-10-18-16/h5,8,10,14,17H,3-4,6-7,9,11-13H2,1-2H3. The molecule has 1 atom stereocenters. The molecule has 1 aliphatic heterocycles. The molecule has 0 aliphatic carbocycles. The second kappa shape index (κ2) is 8.10. The fourth-order valence-electron chi connectivity index (χ4n) is 2.79. The van der Waals surface area contributed by atoms with Crippen molar-refractivity contribution in [3.8, 4) is 5.75 Å². The van der Waals surface area contributed by atoms with Crippen molar-refractivity contribution in [2.24, 2.45) is 5.92 Å². The first-order chi connectivity index (χ1) is 9.85. The van der Waals surface area contributed by atoms with Crippen molar-refractivity contribution in [3.63, 3.8) is 0 Å². The number of nitrogens with one attached hydrogen (secondary N) is 1. The summed E-state index contributed by atoms with van der Waals surface area (Å²) in [5, 5.41) is 3.54. The Kier molecular flexibility index (Phi) is 6.12. The van der Waals surface area contributed by atoms with E-state index in [4.69, 9.17) is 4.74 Å². The number of ether oxygens (including phenoxy) is 1. The molecule has 0 aromatic carbocycles. The van der Waals surface area contributed by atoms with E-state index in [-0.39, 0.29) is 0 Å². The van der Waals surface area contributed by atoms with Crippen molar-refractivity contribution in [1.29, 1.82) is 0 Å². The minimum absolute atomic E-state index is 0.689. The topological polar surface area (TPSA) is 37.4 Å². The van der Waals surface area contributed by atoms with Crippen molar-refractivity contribution >= 4 is 5.82 Å². The van der Waals surface area contributed by atoms with Gasteiger partial charge >= 0.3 is 0 Å². The van der Waals surface area contributed by atoms with Gasteiger partial charge in [0.25, 0.3) is 0 Å². The Bertz CT molecular complexity index is 397. The molecule has 20 heavy (non-hydrogen) atoms. The van der Waals surface area contributed by atoms with Gasteiger partial charge in [0.15, 0.2) is 11.6 Å². The molecular weight excluding hydrogens is 250 g/mol. The maximum atomic E-state index is 5.70. The summed E-state index contributed by atoms with van der Waals surface area (Å²) in [5.74, 6) is 2.64. The number of anilines is 1. The van der Waals surface area contributed by atoms with Crippen molar-refractivity contribution < 1.29 is 4.74 Å². The molecule has 4 nitrogen and oxygen atoms in total. The number of nitrogens with zero attached hydrogens (tertiary/aromatic N) is 2. The van der Waals surface area contributed by atoms with Crippen LogP contribution in [0.5, 0.6) is 5.75 Å². The van der Waals surface area contributed by atoms with Gasteiger partial charge in [-0.05, 0) is 57.3 Å². The highest BCUT2D eigenvalue weighted by atomic mass is 16.5. The zero-order valence-corrected chi connectivity index (χ0v) is 12.8. The number of piperidine rings is 1. The van der Waals surface area contributed by atoms with Crippen LogP contribution in [0.4, 0.5) is 5.82 Å². The van der Waals surface area contributed by atoms with Crippen LogP contribution in [0.15, 0.2) is 18.3 Å². The molecule has 1 N–H and O–H groups in total. The minimum atomic E-state index is 0.689. The summed E-state index contributed by atoms with van der Waals surface area (Å²) < 4.78 is 5.70. The van der Waals surface area contributed by atoms with Gasteiger partial charge in [0.1, 0.15) is 0 Å². The summed E-state index contributed by atoms with van der Waals surface area (Å²) in [5.41, 5.74) is 0. The molecular formula is C16H27N3O. The second-order valence-corrected chi connectivity index (χ2v) is 5.42. The van der Waals surface area contributed by atoms with Crippen LogP contribution in [-0.2, 0) is 0 Å². The normalized spacial score (nSPS) is 19.1. The third-order valence-electron chi connectivity index (χ3n) is 3.73. The molecule has 2 heterocycles. The third-order valence-corrected chi connectivity index (χ3v) is 3.73. The van der Waals surface area contributed by atoms with Gasteiger partial charge in [0.05, 0.1) is 6.61 Å². The zero-order valence-electron chi connectivity index (χ0n) is 12.8. The van der Waals surface area contributed by atoms with Crippen molar-refractivity contribution in [1.82, 2.24) is 10.3 Å². The average Bonchev–Trinajstić information content (AvgIpc) is 2.49. The highest BCUT2D eigenvalue weighted by Gasteiger charge is 2.22. The molecule has 0 saturated carbocycles. The van der Waals surface area contributed by atoms with Gasteiger partial charge in [-0.2, -0.15) is 0 Å². The second-order valence-electron chi connectivity index (χ2n) is 5.42. The summed E-state index contributed by atoms with van der Waals surface area (Å²) in [4.78, 5) is 6.91. The molecule has 1 saturated heterocycles. The van der Waals surface area contributed by atoms with Crippen LogP contribution in [0.3, 0.4) is 0 Å². The van der Waals surface area contributed by atoms with E-state index in [0.717, 1.165) is 37.7 Å². The molecule has 0 amide bonds. The summed E-state index contributed by atoms with van der Waals surface area (Å²) in [6.45, 7) is 9.31. The number of hydrogen-bond acceptors (Lipinski definition) is 4. The van der Waals surface area contributed by atoms with Crippen LogP contribution < -0.4 is 15.0 Å². The summed E-state index contributed by atoms with van der Waals surface area (Å²) in [6.07, 6.45) is 5.60. The number of hydrogen-bond donors (Lipinski definition) is 1. The Morgan fingerprint density at radius 3 is 3.15 bits per heavy atom. The SMILES string of the molecule is CCCNCC1CCCN(c2ncccc2OCC)C1. The molecule has 1 aromatic rings. The lowest BCUT2D eigenvalue weighted by atomic mass is 9.98. The molecule has 0 radical (unpaired) electrons. The highest BCUT2D eigenvalue weighted by Crippen LogP contribution is 2.29. The summed E-state index contributed by atoms with van der Waals surface area (Å²) in [7, 11) is 0. The van der Waals surface area contributed by atoms with Crippen molar-refractivity contribution in [2.75, 3.05) is 37.7 Å². The van der Waals surface area contributed by atoms with Gasteiger partial charge in [0.2, 0.25) is 0 Å². The zero-order chi connectivity index (χ0) is 14.2. The third kappa shape index (κ3) is 4.10. The molecule has 1 aliphatic rings. The Labute approximate surface area is 122 Å². The maximum absolute atomic E-state index is 5.70. The van der Waals surface area contributed by atoms with Crippen molar-refractivity contribution in [3.05, 3.63) is 18.3 Å². The summed E-state index contributed by atoms with van der Waals surface area (Å²) >= 11 is 0. The van der Waals surface area contributed by atoms with E-state index in [0.29, 0.717) is 12.5 Å². The Morgan fingerprint density at radius 1 is 1.45 bits per heavy atom. The van der Waals surface area contributed by atoms with E-state index in [1.54, 1.807) is 0 Å². The van der Waals surface area contributed by atoms with E-state index >= 15 is 0 Å². The predicted octanol–water partition coefficient (Wildman–Crippen LogP) is 2.70. The number of pyridine rings is 1.